The highest BCUT2D eigenvalue weighted by Gasteiger charge is 2.48. The number of halogens is 2. The Morgan fingerprint density at radius 3 is 1.18 bits per heavy atom. The van der Waals surface area contributed by atoms with Crippen LogP contribution in [0.5, 0.6) is 0 Å². The lowest BCUT2D eigenvalue weighted by molar-refractivity contribution is -0.158. The van der Waals surface area contributed by atoms with Crippen LogP contribution in [0, 0.1) is 23.7 Å². The maximum Gasteiger partial charge on any atom is 0.428 e. The fourth-order valence-corrected chi connectivity index (χ4v) is 8.67. The molecule has 0 aromatic heterocycles. The molecule has 214 valence electrons. The second kappa shape index (κ2) is 13.3. The van der Waals surface area contributed by atoms with Crippen LogP contribution in [0.1, 0.15) is 38.5 Å². The summed E-state index contributed by atoms with van der Waals surface area (Å²) >= 11 is 0. The van der Waals surface area contributed by atoms with Crippen LogP contribution in [0.4, 0.5) is 8.78 Å². The minimum absolute atomic E-state index is 0.0146. The Labute approximate surface area is 238 Å². The smallest absolute Gasteiger partial charge is 0.428 e. The van der Waals surface area contributed by atoms with Crippen molar-refractivity contribution in [3.8, 4) is 0 Å². The number of benzene rings is 3. The van der Waals surface area contributed by atoms with Gasteiger partial charge in [0.25, 0.3) is 0 Å². The van der Waals surface area contributed by atoms with Crippen LogP contribution in [0.15, 0.2) is 106 Å². The van der Waals surface area contributed by atoms with E-state index in [1.165, 1.54) is 38.4 Å². The molecule has 4 bridgehead atoms. The molecule has 5 nitrogen and oxygen atoms in total. The number of hydrogen-bond donors (Lipinski definition) is 0. The van der Waals surface area contributed by atoms with Gasteiger partial charge in [-0.15, -0.1) is 0 Å². The topological polar surface area (TPSA) is 83.5 Å². The first-order valence-electron chi connectivity index (χ1n) is 13.4. The highest BCUT2D eigenvalue weighted by atomic mass is 32.2. The number of alkyl halides is 2. The first-order chi connectivity index (χ1) is 19.1. The highest BCUT2D eigenvalue weighted by Crippen LogP contribution is 2.53. The highest BCUT2D eigenvalue weighted by molar-refractivity contribution is 7.97. The molecule has 4 fully saturated rings. The number of carbonyl (C=O) groups excluding carboxylic acids is 1. The SMILES string of the molecule is C1C2CC3CC1CC(C2)C3.COC(=O)C(F)(F)S(=O)(=O)[O-].c1ccc([S+](c2ccccc2)c2ccccc2)cc1. The van der Waals surface area contributed by atoms with Crippen molar-refractivity contribution in [2.24, 2.45) is 23.7 Å². The molecule has 3 aromatic rings. The fraction of sp³-hybridized carbons (Fsp3) is 0.387. The van der Waals surface area contributed by atoms with Crippen LogP contribution < -0.4 is 0 Å². The molecule has 0 amide bonds. The number of ether oxygens (including phenoxy) is 1. The Morgan fingerprint density at radius 2 is 0.975 bits per heavy atom. The van der Waals surface area contributed by atoms with Crippen LogP contribution in [-0.4, -0.2) is 31.3 Å². The molecule has 4 aliphatic carbocycles. The molecule has 0 spiro atoms. The van der Waals surface area contributed by atoms with E-state index in [0.717, 1.165) is 0 Å². The molecule has 0 radical (unpaired) electrons. The van der Waals surface area contributed by atoms with E-state index in [2.05, 4.69) is 95.7 Å². The van der Waals surface area contributed by atoms with Crippen molar-refractivity contribution in [2.45, 2.75) is 58.5 Å². The predicted octanol–water partition coefficient (Wildman–Crippen LogP) is 6.91. The number of methoxy groups -OCH3 is 1. The summed E-state index contributed by atoms with van der Waals surface area (Å²) in [5.74, 6) is 2.33. The van der Waals surface area contributed by atoms with Crippen molar-refractivity contribution >= 4 is 27.0 Å². The monoisotopic (exact) mass is 588 g/mol. The van der Waals surface area contributed by atoms with Crippen molar-refractivity contribution in [1.29, 1.82) is 0 Å². The summed E-state index contributed by atoms with van der Waals surface area (Å²) in [4.78, 5) is 14.0. The molecular formula is C31H34F2O5S2. The van der Waals surface area contributed by atoms with Crippen molar-refractivity contribution in [1.82, 2.24) is 0 Å². The van der Waals surface area contributed by atoms with E-state index < -0.39 is 21.3 Å². The van der Waals surface area contributed by atoms with Gasteiger partial charge in [0, 0.05) is 0 Å². The Bertz CT molecular complexity index is 1190. The molecule has 4 aliphatic rings. The van der Waals surface area contributed by atoms with Gasteiger partial charge in [0.2, 0.25) is 0 Å². The second-order valence-electron chi connectivity index (χ2n) is 10.6. The second-order valence-corrected chi connectivity index (χ2v) is 14.0. The number of esters is 1. The lowest BCUT2D eigenvalue weighted by atomic mass is 9.56. The predicted molar refractivity (Wildman–Crippen MR) is 150 cm³/mol. The summed E-state index contributed by atoms with van der Waals surface area (Å²) < 4.78 is 56.2. The van der Waals surface area contributed by atoms with E-state index in [9.17, 15) is 26.5 Å². The Kier molecular flexibility index (Phi) is 10.0. The first kappa shape index (κ1) is 30.2. The molecule has 0 saturated heterocycles. The lowest BCUT2D eigenvalue weighted by Crippen LogP contribution is -2.38. The quantitative estimate of drug-likeness (QED) is 0.184. The lowest BCUT2D eigenvalue weighted by Gasteiger charge is -2.49. The van der Waals surface area contributed by atoms with Crippen LogP contribution in [-0.2, 0) is 30.5 Å². The minimum atomic E-state index is -5.97. The molecule has 0 aliphatic heterocycles. The van der Waals surface area contributed by atoms with Crippen molar-refractivity contribution < 1.29 is 31.3 Å². The summed E-state index contributed by atoms with van der Waals surface area (Å²) in [6.45, 7) is 0. The average molecular weight is 589 g/mol. The maximum absolute atomic E-state index is 11.9. The summed E-state index contributed by atoms with van der Waals surface area (Å²) in [5, 5.41) is -5.00. The zero-order valence-corrected chi connectivity index (χ0v) is 24.0. The van der Waals surface area contributed by atoms with Crippen LogP contribution in [0.25, 0.3) is 0 Å². The summed E-state index contributed by atoms with van der Waals surface area (Å²) in [5.41, 5.74) is 0. The van der Waals surface area contributed by atoms with E-state index in [0.29, 0.717) is 7.11 Å². The van der Waals surface area contributed by atoms with Gasteiger partial charge in [-0.1, -0.05) is 54.6 Å². The summed E-state index contributed by atoms with van der Waals surface area (Å²) in [6, 6.07) is 32.2. The third-order valence-corrected chi connectivity index (χ3v) is 10.7. The molecule has 7 rings (SSSR count). The zero-order chi connectivity index (χ0) is 28.8. The van der Waals surface area contributed by atoms with E-state index in [1.807, 2.05) is 0 Å². The van der Waals surface area contributed by atoms with E-state index in [4.69, 9.17) is 0 Å². The van der Waals surface area contributed by atoms with Gasteiger partial charge in [-0.3, -0.25) is 0 Å². The number of hydrogen-bond acceptors (Lipinski definition) is 5. The molecule has 3 aromatic carbocycles. The largest absolute Gasteiger partial charge is 0.743 e. The Morgan fingerprint density at radius 1 is 0.700 bits per heavy atom. The van der Waals surface area contributed by atoms with Gasteiger partial charge in [-0.25, -0.2) is 13.2 Å². The maximum atomic E-state index is 11.9. The van der Waals surface area contributed by atoms with Crippen molar-refractivity contribution in [3.05, 3.63) is 91.0 Å². The first-order valence-corrected chi connectivity index (χ1v) is 16.0. The van der Waals surface area contributed by atoms with Gasteiger partial charge < -0.3 is 9.29 Å². The fourth-order valence-electron chi connectivity index (χ4n) is 6.28. The minimum Gasteiger partial charge on any atom is -0.743 e. The average Bonchev–Trinajstić information content (AvgIpc) is 2.94. The third kappa shape index (κ3) is 7.50. The molecule has 9 heteroatoms. The molecule has 0 N–H and O–H groups in total. The van der Waals surface area contributed by atoms with E-state index >= 15 is 0 Å². The zero-order valence-electron chi connectivity index (χ0n) is 22.3. The Balaban J connectivity index is 0.000000150. The van der Waals surface area contributed by atoms with Gasteiger partial charge in [-0.05, 0) is 98.6 Å². The molecule has 40 heavy (non-hydrogen) atoms. The summed E-state index contributed by atoms with van der Waals surface area (Å²) in [6.07, 6.45) is 9.62. The van der Waals surface area contributed by atoms with E-state index in [1.54, 1.807) is 38.5 Å². The molecular weight excluding hydrogens is 554 g/mol. The van der Waals surface area contributed by atoms with Gasteiger partial charge >= 0.3 is 11.2 Å². The van der Waals surface area contributed by atoms with Gasteiger partial charge in [0.1, 0.15) is 0 Å². The third-order valence-electron chi connectivity index (χ3n) is 7.67. The molecule has 4 saturated carbocycles. The van der Waals surface area contributed by atoms with Crippen molar-refractivity contribution in [3.63, 3.8) is 0 Å². The number of carbonyl (C=O) groups is 1. The standard InChI is InChI=1S/C18H15S.C10H16.C3H4F2O5S/c1-4-10-16(11-5-1)19(17-12-6-2-7-13-17)18-14-8-3-9-15-18;1-7-2-9-4-8(1)5-10(3-7)6-9;1-10-2(6)3(4,5)11(7,8)9/h1-15H;7-10H,1-6H2;1H3,(H,7,8,9)/q+1;;/p-1. The van der Waals surface area contributed by atoms with E-state index in [-0.39, 0.29) is 10.9 Å². The van der Waals surface area contributed by atoms with Crippen molar-refractivity contribution in [2.75, 3.05) is 7.11 Å². The van der Waals surface area contributed by atoms with Crippen LogP contribution >= 0.6 is 0 Å². The van der Waals surface area contributed by atoms with Crippen LogP contribution in [0.2, 0.25) is 0 Å². The van der Waals surface area contributed by atoms with Gasteiger partial charge in [0.15, 0.2) is 24.8 Å². The van der Waals surface area contributed by atoms with Gasteiger partial charge in [-0.2, -0.15) is 8.78 Å². The molecule has 0 atom stereocenters. The molecule has 0 heterocycles. The normalized spacial score (nSPS) is 22.9. The number of rotatable bonds is 5. The summed E-state index contributed by atoms with van der Waals surface area (Å²) in [7, 11) is -5.44. The Hall–Kier alpha value is -2.75. The molecule has 0 unspecified atom stereocenters. The van der Waals surface area contributed by atoms with Gasteiger partial charge in [0.05, 0.1) is 18.0 Å². The van der Waals surface area contributed by atoms with Crippen LogP contribution in [0.3, 0.4) is 0 Å².